The van der Waals surface area contributed by atoms with E-state index in [9.17, 15) is 8.42 Å². The van der Waals surface area contributed by atoms with Crippen LogP contribution in [0.25, 0.3) is 0 Å². The summed E-state index contributed by atoms with van der Waals surface area (Å²) in [5.41, 5.74) is 0. The highest BCUT2D eigenvalue weighted by Crippen LogP contribution is 2.24. The van der Waals surface area contributed by atoms with Crippen molar-refractivity contribution in [3.63, 3.8) is 0 Å². The first kappa shape index (κ1) is 12.8. The van der Waals surface area contributed by atoms with Crippen LogP contribution in [0.4, 0.5) is 0 Å². The third-order valence-corrected chi connectivity index (χ3v) is 6.28. The van der Waals surface area contributed by atoms with Crippen LogP contribution in [-0.4, -0.2) is 80.3 Å². The third-order valence-electron chi connectivity index (χ3n) is 4.28. The lowest BCUT2D eigenvalue weighted by Crippen LogP contribution is -2.58. The molecule has 18 heavy (non-hydrogen) atoms. The van der Waals surface area contributed by atoms with E-state index in [1.165, 1.54) is 6.42 Å². The van der Waals surface area contributed by atoms with Crippen molar-refractivity contribution in [2.24, 2.45) is 0 Å². The topological polar surface area (TPSA) is 55.9 Å². The zero-order chi connectivity index (χ0) is 12.6. The molecule has 3 aliphatic heterocycles. The van der Waals surface area contributed by atoms with E-state index in [1.54, 1.807) is 8.61 Å². The molecule has 3 heterocycles. The number of hydrogen-bond donors (Lipinski definition) is 1. The second kappa shape index (κ2) is 5.05. The van der Waals surface area contributed by atoms with Crippen molar-refractivity contribution in [3.8, 4) is 0 Å². The Morgan fingerprint density at radius 2 is 1.72 bits per heavy atom. The molecule has 0 aromatic heterocycles. The molecule has 1 unspecified atom stereocenters. The Kier molecular flexibility index (Phi) is 3.59. The summed E-state index contributed by atoms with van der Waals surface area (Å²) in [6.07, 6.45) is 2.36. The molecule has 104 valence electrons. The minimum atomic E-state index is -3.22. The van der Waals surface area contributed by atoms with Crippen LogP contribution in [0, 0.1) is 0 Å². The van der Waals surface area contributed by atoms with Crippen molar-refractivity contribution in [2.75, 3.05) is 52.4 Å². The smallest absolute Gasteiger partial charge is 0.282 e. The molecule has 0 aromatic carbocycles. The molecule has 0 radical (unpaired) electrons. The van der Waals surface area contributed by atoms with Gasteiger partial charge in [0.15, 0.2) is 0 Å². The molecule has 6 nitrogen and oxygen atoms in total. The first-order chi connectivity index (χ1) is 8.68. The zero-order valence-electron chi connectivity index (χ0n) is 10.7. The van der Waals surface area contributed by atoms with Gasteiger partial charge in [-0.05, 0) is 19.4 Å². The summed E-state index contributed by atoms with van der Waals surface area (Å²) in [4.78, 5) is 2.43. The van der Waals surface area contributed by atoms with Crippen LogP contribution >= 0.6 is 0 Å². The fourth-order valence-electron chi connectivity index (χ4n) is 3.21. The Labute approximate surface area is 109 Å². The summed E-state index contributed by atoms with van der Waals surface area (Å²) in [5.74, 6) is 0. The van der Waals surface area contributed by atoms with E-state index in [0.29, 0.717) is 32.2 Å². The van der Waals surface area contributed by atoms with E-state index < -0.39 is 10.2 Å². The van der Waals surface area contributed by atoms with E-state index in [1.807, 2.05) is 0 Å². The molecule has 1 atom stereocenters. The molecule has 0 spiro atoms. The minimum absolute atomic E-state index is 0.455. The highest BCUT2D eigenvalue weighted by molar-refractivity contribution is 7.86. The van der Waals surface area contributed by atoms with Crippen LogP contribution < -0.4 is 5.32 Å². The Morgan fingerprint density at radius 1 is 0.944 bits per heavy atom. The molecular formula is C11H22N4O2S. The number of fused-ring (bicyclic) bond motifs is 1. The van der Waals surface area contributed by atoms with E-state index in [4.69, 9.17) is 0 Å². The standard InChI is InChI=1S/C11H22N4O2S/c16-18(17,14-6-3-12-4-7-14)15-9-8-13-5-1-2-11(13)10-15/h11-12H,1-10H2. The van der Waals surface area contributed by atoms with Gasteiger partial charge in [0.1, 0.15) is 0 Å². The lowest BCUT2D eigenvalue weighted by molar-refractivity contribution is 0.151. The maximum atomic E-state index is 12.5. The van der Waals surface area contributed by atoms with Crippen molar-refractivity contribution >= 4 is 10.2 Å². The second-order valence-corrected chi connectivity index (χ2v) is 7.28. The molecule has 0 aliphatic carbocycles. The maximum absolute atomic E-state index is 12.5. The quantitative estimate of drug-likeness (QED) is 0.696. The van der Waals surface area contributed by atoms with Crippen molar-refractivity contribution in [3.05, 3.63) is 0 Å². The highest BCUT2D eigenvalue weighted by Gasteiger charge is 2.38. The average molecular weight is 274 g/mol. The van der Waals surface area contributed by atoms with Crippen LogP contribution in [0.3, 0.4) is 0 Å². The van der Waals surface area contributed by atoms with Crippen LogP contribution in [0.15, 0.2) is 0 Å². The Balaban J connectivity index is 1.69. The molecule has 0 bridgehead atoms. The highest BCUT2D eigenvalue weighted by atomic mass is 32.2. The van der Waals surface area contributed by atoms with Gasteiger partial charge in [0, 0.05) is 51.9 Å². The molecule has 3 rings (SSSR count). The van der Waals surface area contributed by atoms with Gasteiger partial charge >= 0.3 is 0 Å². The van der Waals surface area contributed by atoms with E-state index >= 15 is 0 Å². The first-order valence-corrected chi connectivity index (χ1v) is 8.27. The normalized spacial score (nSPS) is 32.6. The van der Waals surface area contributed by atoms with Crippen LogP contribution in [0.2, 0.25) is 0 Å². The fourth-order valence-corrected chi connectivity index (χ4v) is 4.85. The van der Waals surface area contributed by atoms with Gasteiger partial charge in [-0.25, -0.2) is 0 Å². The van der Waals surface area contributed by atoms with E-state index in [2.05, 4.69) is 10.2 Å². The van der Waals surface area contributed by atoms with Gasteiger partial charge in [-0.15, -0.1) is 0 Å². The predicted octanol–water partition coefficient (Wildman–Crippen LogP) is -1.08. The number of hydrogen-bond acceptors (Lipinski definition) is 4. The Hall–Kier alpha value is -0.210. The van der Waals surface area contributed by atoms with E-state index in [0.717, 1.165) is 32.6 Å². The van der Waals surface area contributed by atoms with Gasteiger partial charge in [0.2, 0.25) is 0 Å². The van der Waals surface area contributed by atoms with Crippen LogP contribution in [0.1, 0.15) is 12.8 Å². The van der Waals surface area contributed by atoms with Crippen molar-refractivity contribution in [1.29, 1.82) is 0 Å². The molecule has 3 saturated heterocycles. The molecule has 0 amide bonds. The summed E-state index contributed by atoms with van der Waals surface area (Å²) in [6, 6.07) is 0.455. The van der Waals surface area contributed by atoms with Crippen LogP contribution in [-0.2, 0) is 10.2 Å². The lowest BCUT2D eigenvalue weighted by atomic mass is 10.2. The summed E-state index contributed by atoms with van der Waals surface area (Å²) in [6.45, 7) is 6.13. The van der Waals surface area contributed by atoms with Gasteiger partial charge in [-0.2, -0.15) is 17.0 Å². The van der Waals surface area contributed by atoms with Gasteiger partial charge < -0.3 is 5.32 Å². The Bertz CT molecular complexity index is 394. The number of piperazine rings is 2. The minimum Gasteiger partial charge on any atom is -0.314 e. The van der Waals surface area contributed by atoms with Crippen LogP contribution in [0.5, 0.6) is 0 Å². The largest absolute Gasteiger partial charge is 0.314 e. The average Bonchev–Trinajstić information content (AvgIpc) is 2.87. The van der Waals surface area contributed by atoms with Crippen molar-refractivity contribution < 1.29 is 8.42 Å². The van der Waals surface area contributed by atoms with E-state index in [-0.39, 0.29) is 0 Å². The summed E-state index contributed by atoms with van der Waals surface area (Å²) in [7, 11) is -3.22. The number of nitrogens with one attached hydrogen (secondary N) is 1. The Morgan fingerprint density at radius 3 is 2.50 bits per heavy atom. The summed E-state index contributed by atoms with van der Waals surface area (Å²) in [5, 5.41) is 3.19. The van der Waals surface area contributed by atoms with Crippen molar-refractivity contribution in [2.45, 2.75) is 18.9 Å². The molecule has 1 N–H and O–H groups in total. The third kappa shape index (κ3) is 2.30. The van der Waals surface area contributed by atoms with Gasteiger partial charge in [0.25, 0.3) is 10.2 Å². The van der Waals surface area contributed by atoms with Gasteiger partial charge in [0.05, 0.1) is 0 Å². The molecular weight excluding hydrogens is 252 g/mol. The van der Waals surface area contributed by atoms with Gasteiger partial charge in [-0.1, -0.05) is 0 Å². The van der Waals surface area contributed by atoms with Gasteiger partial charge in [-0.3, -0.25) is 4.90 Å². The molecule has 7 heteroatoms. The molecule has 3 aliphatic rings. The second-order valence-electron chi connectivity index (χ2n) is 5.35. The zero-order valence-corrected chi connectivity index (χ0v) is 11.5. The first-order valence-electron chi connectivity index (χ1n) is 6.88. The molecule has 3 fully saturated rings. The van der Waals surface area contributed by atoms with Crippen molar-refractivity contribution in [1.82, 2.24) is 18.8 Å². The predicted molar refractivity (Wildman–Crippen MR) is 69.5 cm³/mol. The number of nitrogens with zero attached hydrogens (tertiary/aromatic N) is 3. The molecule has 0 saturated carbocycles. The summed E-state index contributed by atoms with van der Waals surface area (Å²) >= 11 is 0. The summed E-state index contributed by atoms with van der Waals surface area (Å²) < 4.78 is 28.4. The SMILES string of the molecule is O=S(=O)(N1CCNCC1)N1CCN2CCCC2C1. The maximum Gasteiger partial charge on any atom is 0.282 e. The number of rotatable bonds is 2. The fraction of sp³-hybridized carbons (Fsp3) is 1.00. The molecule has 0 aromatic rings. The lowest BCUT2D eigenvalue weighted by Gasteiger charge is -2.39. The monoisotopic (exact) mass is 274 g/mol.